The zero-order valence-electron chi connectivity index (χ0n) is 11.4. The van der Waals surface area contributed by atoms with Gasteiger partial charge in [0.15, 0.2) is 0 Å². The number of anilines is 2. The van der Waals surface area contributed by atoms with Crippen LogP contribution < -0.4 is 10.1 Å². The van der Waals surface area contributed by atoms with Gasteiger partial charge < -0.3 is 10.1 Å². The standard InChI is InChI=1S/C15H16N2O3/c1-3-20-13-7-5-12(6-8-13)16-14-9-4-11(2)10-15(14)17(18)19/h4-10,16H,3H2,1-2H3. The van der Waals surface area contributed by atoms with E-state index in [2.05, 4.69) is 5.32 Å². The molecule has 2 aromatic rings. The average molecular weight is 272 g/mol. The van der Waals surface area contributed by atoms with Crippen LogP contribution in [0.2, 0.25) is 0 Å². The van der Waals surface area contributed by atoms with Crippen molar-refractivity contribution in [1.82, 2.24) is 0 Å². The van der Waals surface area contributed by atoms with Gasteiger partial charge in [0.05, 0.1) is 11.5 Å². The molecule has 5 heteroatoms. The molecule has 0 aliphatic carbocycles. The first-order chi connectivity index (χ1) is 9.60. The number of hydrogen-bond donors (Lipinski definition) is 1. The van der Waals surface area contributed by atoms with Gasteiger partial charge in [-0.1, -0.05) is 6.07 Å². The van der Waals surface area contributed by atoms with E-state index in [9.17, 15) is 10.1 Å². The van der Waals surface area contributed by atoms with Gasteiger partial charge in [0.1, 0.15) is 11.4 Å². The van der Waals surface area contributed by atoms with Crippen LogP contribution in [0.1, 0.15) is 12.5 Å². The van der Waals surface area contributed by atoms with Gasteiger partial charge in [-0.3, -0.25) is 10.1 Å². The maximum absolute atomic E-state index is 11.0. The van der Waals surface area contributed by atoms with E-state index in [0.29, 0.717) is 12.3 Å². The lowest BCUT2D eigenvalue weighted by atomic mass is 10.2. The first-order valence-corrected chi connectivity index (χ1v) is 6.35. The van der Waals surface area contributed by atoms with Crippen LogP contribution in [-0.2, 0) is 0 Å². The van der Waals surface area contributed by atoms with E-state index in [1.165, 1.54) is 0 Å². The molecule has 0 aromatic heterocycles. The first kappa shape index (κ1) is 13.9. The van der Waals surface area contributed by atoms with Crippen molar-refractivity contribution in [2.75, 3.05) is 11.9 Å². The number of benzene rings is 2. The summed E-state index contributed by atoms with van der Waals surface area (Å²) in [5.74, 6) is 0.774. The molecule has 2 aromatic carbocycles. The van der Waals surface area contributed by atoms with Crippen molar-refractivity contribution in [3.63, 3.8) is 0 Å². The summed E-state index contributed by atoms with van der Waals surface area (Å²) >= 11 is 0. The Balaban J connectivity index is 2.23. The van der Waals surface area contributed by atoms with Gasteiger partial charge in [-0.2, -0.15) is 0 Å². The molecule has 1 N–H and O–H groups in total. The molecule has 104 valence electrons. The molecule has 0 heterocycles. The molecule has 0 bridgehead atoms. The number of hydrogen-bond acceptors (Lipinski definition) is 4. The monoisotopic (exact) mass is 272 g/mol. The predicted molar refractivity (Wildman–Crippen MR) is 78.7 cm³/mol. The maximum Gasteiger partial charge on any atom is 0.292 e. The number of nitro groups is 1. The maximum atomic E-state index is 11.0. The third-order valence-corrected chi connectivity index (χ3v) is 2.79. The molecule has 0 amide bonds. The number of ether oxygens (including phenoxy) is 1. The molecule has 20 heavy (non-hydrogen) atoms. The van der Waals surface area contributed by atoms with Crippen LogP contribution in [0.3, 0.4) is 0 Å². The smallest absolute Gasteiger partial charge is 0.292 e. The van der Waals surface area contributed by atoms with Gasteiger partial charge in [-0.25, -0.2) is 0 Å². The second-order valence-corrected chi connectivity index (χ2v) is 4.36. The van der Waals surface area contributed by atoms with Crippen LogP contribution in [0.4, 0.5) is 17.1 Å². The second kappa shape index (κ2) is 6.06. The van der Waals surface area contributed by atoms with E-state index in [0.717, 1.165) is 17.0 Å². The van der Waals surface area contributed by atoms with Crippen molar-refractivity contribution < 1.29 is 9.66 Å². The Hall–Kier alpha value is -2.56. The highest BCUT2D eigenvalue weighted by Crippen LogP contribution is 2.29. The number of nitro benzene ring substituents is 1. The summed E-state index contributed by atoms with van der Waals surface area (Å²) in [6.45, 7) is 4.35. The normalized spacial score (nSPS) is 10.1. The van der Waals surface area contributed by atoms with Crippen LogP contribution in [0.15, 0.2) is 42.5 Å². The summed E-state index contributed by atoms with van der Waals surface area (Å²) < 4.78 is 5.35. The van der Waals surface area contributed by atoms with E-state index < -0.39 is 0 Å². The van der Waals surface area contributed by atoms with E-state index in [1.54, 1.807) is 12.1 Å². The summed E-state index contributed by atoms with van der Waals surface area (Å²) in [4.78, 5) is 10.7. The van der Waals surface area contributed by atoms with Gasteiger partial charge >= 0.3 is 0 Å². The molecule has 0 aliphatic rings. The molecule has 0 fully saturated rings. The fraction of sp³-hybridized carbons (Fsp3) is 0.200. The third-order valence-electron chi connectivity index (χ3n) is 2.79. The topological polar surface area (TPSA) is 64.4 Å². The van der Waals surface area contributed by atoms with Crippen molar-refractivity contribution in [3.05, 3.63) is 58.1 Å². The number of rotatable bonds is 5. The molecule has 0 saturated heterocycles. The average Bonchev–Trinajstić information content (AvgIpc) is 2.43. The minimum Gasteiger partial charge on any atom is -0.494 e. The van der Waals surface area contributed by atoms with E-state index >= 15 is 0 Å². The Kier molecular flexibility index (Phi) is 4.20. The Labute approximate surface area is 117 Å². The number of aryl methyl sites for hydroxylation is 1. The molecular formula is C15H16N2O3. The number of nitrogens with one attached hydrogen (secondary N) is 1. The highest BCUT2D eigenvalue weighted by molar-refractivity contribution is 5.70. The van der Waals surface area contributed by atoms with Gasteiger partial charge in [0, 0.05) is 11.8 Å². The lowest BCUT2D eigenvalue weighted by Gasteiger charge is -2.09. The highest BCUT2D eigenvalue weighted by Gasteiger charge is 2.13. The molecule has 0 spiro atoms. The highest BCUT2D eigenvalue weighted by atomic mass is 16.6. The summed E-state index contributed by atoms with van der Waals surface area (Å²) in [6.07, 6.45) is 0. The van der Waals surface area contributed by atoms with Crippen LogP contribution in [0, 0.1) is 17.0 Å². The number of nitrogens with zero attached hydrogens (tertiary/aromatic N) is 1. The van der Waals surface area contributed by atoms with Crippen molar-refractivity contribution in [1.29, 1.82) is 0 Å². The molecule has 0 unspecified atom stereocenters. The van der Waals surface area contributed by atoms with Crippen molar-refractivity contribution in [3.8, 4) is 5.75 Å². The quantitative estimate of drug-likeness (QED) is 0.659. The van der Waals surface area contributed by atoms with Crippen molar-refractivity contribution in [2.45, 2.75) is 13.8 Å². The van der Waals surface area contributed by atoms with Crippen LogP contribution in [0.25, 0.3) is 0 Å². The Morgan fingerprint density at radius 2 is 1.90 bits per heavy atom. The van der Waals surface area contributed by atoms with Gasteiger partial charge in [0.25, 0.3) is 5.69 Å². The molecule has 0 saturated carbocycles. The summed E-state index contributed by atoms with van der Waals surface area (Å²) in [5.41, 5.74) is 2.18. The summed E-state index contributed by atoms with van der Waals surface area (Å²) in [5, 5.41) is 14.1. The van der Waals surface area contributed by atoms with Crippen molar-refractivity contribution in [2.24, 2.45) is 0 Å². The van der Waals surface area contributed by atoms with E-state index in [4.69, 9.17) is 4.74 Å². The molecule has 0 aliphatic heterocycles. The van der Waals surface area contributed by atoms with E-state index in [1.807, 2.05) is 44.2 Å². The Morgan fingerprint density at radius 3 is 2.50 bits per heavy atom. The lowest BCUT2D eigenvalue weighted by molar-refractivity contribution is -0.384. The zero-order chi connectivity index (χ0) is 14.5. The summed E-state index contributed by atoms with van der Waals surface area (Å²) in [6, 6.07) is 12.4. The van der Waals surface area contributed by atoms with Crippen molar-refractivity contribution >= 4 is 17.1 Å². The molecule has 0 radical (unpaired) electrons. The minimum absolute atomic E-state index is 0.0684. The van der Waals surface area contributed by atoms with Crippen LogP contribution in [-0.4, -0.2) is 11.5 Å². The molecule has 5 nitrogen and oxygen atoms in total. The van der Waals surface area contributed by atoms with Gasteiger partial charge in [-0.15, -0.1) is 0 Å². The SMILES string of the molecule is CCOc1ccc(Nc2ccc(C)cc2[N+](=O)[O-])cc1. The molecule has 0 atom stereocenters. The largest absolute Gasteiger partial charge is 0.494 e. The fourth-order valence-electron chi connectivity index (χ4n) is 1.86. The Morgan fingerprint density at radius 1 is 1.20 bits per heavy atom. The first-order valence-electron chi connectivity index (χ1n) is 6.35. The van der Waals surface area contributed by atoms with Gasteiger partial charge in [0.2, 0.25) is 0 Å². The second-order valence-electron chi connectivity index (χ2n) is 4.36. The molecule has 2 rings (SSSR count). The van der Waals surface area contributed by atoms with Crippen LogP contribution in [0.5, 0.6) is 5.75 Å². The van der Waals surface area contributed by atoms with E-state index in [-0.39, 0.29) is 10.6 Å². The van der Waals surface area contributed by atoms with Gasteiger partial charge in [-0.05, 0) is 49.7 Å². The van der Waals surface area contributed by atoms with Crippen LogP contribution >= 0.6 is 0 Å². The Bertz CT molecular complexity index is 609. The lowest BCUT2D eigenvalue weighted by Crippen LogP contribution is -1.98. The third kappa shape index (κ3) is 3.26. The predicted octanol–water partition coefficient (Wildman–Crippen LogP) is 4.05. The zero-order valence-corrected chi connectivity index (χ0v) is 11.4. The molecular weight excluding hydrogens is 256 g/mol. The fourth-order valence-corrected chi connectivity index (χ4v) is 1.86. The summed E-state index contributed by atoms with van der Waals surface area (Å²) in [7, 11) is 0. The minimum atomic E-state index is -0.385.